The minimum atomic E-state index is -0.0462. The summed E-state index contributed by atoms with van der Waals surface area (Å²) >= 11 is 0. The van der Waals surface area contributed by atoms with Crippen LogP contribution in [0.3, 0.4) is 0 Å². The second-order valence-corrected chi connectivity index (χ2v) is 4.76. The molecule has 0 atom stereocenters. The van der Waals surface area contributed by atoms with Gasteiger partial charge in [-0.2, -0.15) is 0 Å². The number of hydrazine groups is 1. The normalized spacial score (nSPS) is 14.2. The number of anilines is 2. The highest BCUT2D eigenvalue weighted by Gasteiger charge is 2.30. The fraction of sp³-hybridized carbons (Fsp3) is 0.200. The Morgan fingerprint density at radius 3 is 2.75 bits per heavy atom. The molecule has 0 saturated carbocycles. The molecular formula is C15H16N4O. The molecule has 0 radical (unpaired) electrons. The van der Waals surface area contributed by atoms with Gasteiger partial charge in [0, 0.05) is 20.3 Å². The monoisotopic (exact) mass is 268 g/mol. The van der Waals surface area contributed by atoms with Crippen LogP contribution in [0.15, 0.2) is 48.8 Å². The van der Waals surface area contributed by atoms with Crippen LogP contribution in [0.25, 0.3) is 0 Å². The van der Waals surface area contributed by atoms with Gasteiger partial charge < -0.3 is 0 Å². The molecule has 1 aromatic heterocycles. The van der Waals surface area contributed by atoms with Gasteiger partial charge in [0.1, 0.15) is 0 Å². The zero-order chi connectivity index (χ0) is 14.1. The van der Waals surface area contributed by atoms with E-state index in [-0.39, 0.29) is 6.03 Å². The molecule has 2 heterocycles. The van der Waals surface area contributed by atoms with E-state index in [1.165, 1.54) is 0 Å². The molecule has 2 amide bonds. The number of carbonyl (C=O) groups is 1. The van der Waals surface area contributed by atoms with Gasteiger partial charge in [0.05, 0.1) is 24.1 Å². The lowest BCUT2D eigenvalue weighted by atomic mass is 10.1. The fourth-order valence-corrected chi connectivity index (χ4v) is 2.40. The van der Waals surface area contributed by atoms with Gasteiger partial charge >= 0.3 is 6.03 Å². The smallest absolute Gasteiger partial charge is 0.296 e. The molecule has 0 saturated heterocycles. The van der Waals surface area contributed by atoms with Crippen LogP contribution in [0, 0.1) is 0 Å². The minimum Gasteiger partial charge on any atom is -0.296 e. The first-order valence-electron chi connectivity index (χ1n) is 6.45. The maximum absolute atomic E-state index is 12.5. The number of para-hydroxylation sites is 1. The average Bonchev–Trinajstić information content (AvgIpc) is 2.51. The third-order valence-electron chi connectivity index (χ3n) is 3.56. The third-order valence-corrected chi connectivity index (χ3v) is 3.56. The van der Waals surface area contributed by atoms with Crippen molar-refractivity contribution < 1.29 is 4.79 Å². The first-order valence-corrected chi connectivity index (χ1v) is 6.45. The number of hydrogen-bond donors (Lipinski definition) is 0. The molecule has 0 N–H and O–H groups in total. The van der Waals surface area contributed by atoms with Gasteiger partial charge in [-0.3, -0.25) is 14.9 Å². The summed E-state index contributed by atoms with van der Waals surface area (Å²) in [6, 6.07) is 11.7. The van der Waals surface area contributed by atoms with Crippen LogP contribution >= 0.6 is 0 Å². The molecule has 1 aliphatic heterocycles. The standard InChI is InChI=1S/C15H16N4O/c1-17-14-8-4-3-6-12(14)11-19(15(17)20)18(2)13-7-5-9-16-10-13/h3-10H,11H2,1-2H3. The zero-order valence-electron chi connectivity index (χ0n) is 11.5. The summed E-state index contributed by atoms with van der Waals surface area (Å²) in [6.07, 6.45) is 3.46. The number of aromatic nitrogens is 1. The second-order valence-electron chi connectivity index (χ2n) is 4.76. The van der Waals surface area contributed by atoms with E-state index in [4.69, 9.17) is 0 Å². The van der Waals surface area contributed by atoms with Crippen molar-refractivity contribution in [3.63, 3.8) is 0 Å². The average molecular weight is 268 g/mol. The summed E-state index contributed by atoms with van der Waals surface area (Å²) in [7, 11) is 3.67. The number of hydrogen-bond acceptors (Lipinski definition) is 3. The lowest BCUT2D eigenvalue weighted by Crippen LogP contribution is -2.52. The van der Waals surface area contributed by atoms with Crippen LogP contribution < -0.4 is 9.91 Å². The molecule has 2 aromatic rings. The van der Waals surface area contributed by atoms with Crippen molar-refractivity contribution in [1.29, 1.82) is 0 Å². The van der Waals surface area contributed by atoms with Crippen molar-refractivity contribution in [1.82, 2.24) is 9.99 Å². The van der Waals surface area contributed by atoms with Crippen LogP contribution in [-0.2, 0) is 6.54 Å². The topological polar surface area (TPSA) is 39.7 Å². The summed E-state index contributed by atoms with van der Waals surface area (Å²) < 4.78 is 0. The lowest BCUT2D eigenvalue weighted by molar-refractivity contribution is 0.197. The van der Waals surface area contributed by atoms with Crippen molar-refractivity contribution in [2.75, 3.05) is 24.0 Å². The number of nitrogens with zero attached hydrogens (tertiary/aromatic N) is 4. The van der Waals surface area contributed by atoms with Crippen LogP contribution in [0.1, 0.15) is 5.56 Å². The van der Waals surface area contributed by atoms with Crippen molar-refractivity contribution >= 4 is 17.4 Å². The molecule has 0 bridgehead atoms. The molecule has 20 heavy (non-hydrogen) atoms. The highest BCUT2D eigenvalue weighted by Crippen LogP contribution is 2.29. The SMILES string of the molecule is CN1C(=O)N(N(C)c2cccnc2)Cc2ccccc21. The fourth-order valence-electron chi connectivity index (χ4n) is 2.40. The highest BCUT2D eigenvalue weighted by molar-refractivity contribution is 5.95. The Kier molecular flexibility index (Phi) is 3.02. The van der Waals surface area contributed by atoms with Gasteiger partial charge in [0.15, 0.2) is 0 Å². The van der Waals surface area contributed by atoms with Crippen molar-refractivity contribution in [3.05, 3.63) is 54.4 Å². The summed E-state index contributed by atoms with van der Waals surface area (Å²) in [5.41, 5.74) is 2.98. The lowest BCUT2D eigenvalue weighted by Gasteiger charge is -2.40. The van der Waals surface area contributed by atoms with E-state index in [1.54, 1.807) is 29.4 Å². The maximum atomic E-state index is 12.5. The van der Waals surface area contributed by atoms with E-state index >= 15 is 0 Å². The molecule has 0 fully saturated rings. The van der Waals surface area contributed by atoms with E-state index in [9.17, 15) is 4.79 Å². The van der Waals surface area contributed by atoms with Crippen molar-refractivity contribution in [2.24, 2.45) is 0 Å². The zero-order valence-corrected chi connectivity index (χ0v) is 11.5. The van der Waals surface area contributed by atoms with E-state index in [0.717, 1.165) is 16.9 Å². The molecule has 5 nitrogen and oxygen atoms in total. The van der Waals surface area contributed by atoms with Gasteiger partial charge in [-0.1, -0.05) is 18.2 Å². The summed E-state index contributed by atoms with van der Waals surface area (Å²) in [5, 5.41) is 3.54. The molecule has 0 aliphatic carbocycles. The Balaban J connectivity index is 1.94. The molecule has 5 heteroatoms. The number of carbonyl (C=O) groups excluding carboxylic acids is 1. The Morgan fingerprint density at radius 2 is 2.00 bits per heavy atom. The van der Waals surface area contributed by atoms with E-state index < -0.39 is 0 Å². The summed E-state index contributed by atoms with van der Waals surface area (Å²) in [6.45, 7) is 0.560. The Labute approximate surface area is 118 Å². The number of urea groups is 1. The Hall–Kier alpha value is -2.56. The first-order chi connectivity index (χ1) is 9.68. The minimum absolute atomic E-state index is 0.0462. The molecule has 0 unspecified atom stereocenters. The maximum Gasteiger partial charge on any atom is 0.343 e. The molecule has 1 aliphatic rings. The van der Waals surface area contributed by atoms with Gasteiger partial charge in [-0.05, 0) is 23.8 Å². The van der Waals surface area contributed by atoms with Crippen molar-refractivity contribution in [2.45, 2.75) is 6.54 Å². The number of pyridine rings is 1. The first kappa shape index (κ1) is 12.5. The summed E-state index contributed by atoms with van der Waals surface area (Å²) in [5.74, 6) is 0. The predicted molar refractivity (Wildman–Crippen MR) is 78.4 cm³/mol. The van der Waals surface area contributed by atoms with Gasteiger partial charge in [-0.15, -0.1) is 0 Å². The third kappa shape index (κ3) is 1.97. The van der Waals surface area contributed by atoms with E-state index in [2.05, 4.69) is 4.98 Å². The largest absolute Gasteiger partial charge is 0.343 e. The number of benzene rings is 1. The van der Waals surface area contributed by atoms with Crippen LogP contribution in [0.5, 0.6) is 0 Å². The molecule has 102 valence electrons. The molecule has 0 spiro atoms. The molecular weight excluding hydrogens is 252 g/mol. The van der Waals surface area contributed by atoms with E-state index in [0.29, 0.717) is 6.54 Å². The van der Waals surface area contributed by atoms with Crippen LogP contribution in [0.4, 0.5) is 16.2 Å². The van der Waals surface area contributed by atoms with Crippen LogP contribution in [-0.4, -0.2) is 30.1 Å². The molecule has 3 rings (SSSR count). The Bertz CT molecular complexity index is 629. The number of amides is 2. The van der Waals surface area contributed by atoms with E-state index in [1.807, 2.05) is 48.5 Å². The summed E-state index contributed by atoms with van der Waals surface area (Å²) in [4.78, 5) is 18.3. The quantitative estimate of drug-likeness (QED) is 0.840. The van der Waals surface area contributed by atoms with Crippen LogP contribution in [0.2, 0.25) is 0 Å². The number of rotatable bonds is 2. The van der Waals surface area contributed by atoms with Gasteiger partial charge in [0.25, 0.3) is 0 Å². The van der Waals surface area contributed by atoms with Gasteiger partial charge in [0.2, 0.25) is 0 Å². The van der Waals surface area contributed by atoms with Crippen molar-refractivity contribution in [3.8, 4) is 0 Å². The van der Waals surface area contributed by atoms with Gasteiger partial charge in [-0.25, -0.2) is 9.80 Å². The number of fused-ring (bicyclic) bond motifs is 1. The highest BCUT2D eigenvalue weighted by atomic mass is 16.2. The predicted octanol–water partition coefficient (Wildman–Crippen LogP) is 2.50. The Morgan fingerprint density at radius 1 is 1.20 bits per heavy atom. The second kappa shape index (κ2) is 4.85. The molecule has 1 aromatic carbocycles.